The van der Waals surface area contributed by atoms with E-state index in [1.165, 1.54) is 12.4 Å². The molecule has 2 rings (SSSR count). The Kier molecular flexibility index (Phi) is 3.34. The Labute approximate surface area is 108 Å². The van der Waals surface area contributed by atoms with Gasteiger partial charge in [0.05, 0.1) is 17.2 Å². The van der Waals surface area contributed by atoms with Crippen LogP contribution in [-0.2, 0) is 4.79 Å². The number of aliphatic carboxylic acids is 1. The molecule has 18 heavy (non-hydrogen) atoms. The minimum absolute atomic E-state index is 0.309. The highest BCUT2D eigenvalue weighted by Crippen LogP contribution is 2.16. The van der Waals surface area contributed by atoms with Gasteiger partial charge in [0.15, 0.2) is 0 Å². The van der Waals surface area contributed by atoms with Crippen molar-refractivity contribution >= 4 is 28.5 Å². The number of carbonyl (C=O) groups is 1. The van der Waals surface area contributed by atoms with Crippen molar-refractivity contribution in [1.82, 2.24) is 9.55 Å². The Morgan fingerprint density at radius 3 is 2.89 bits per heavy atom. The Morgan fingerprint density at radius 2 is 2.28 bits per heavy atom. The summed E-state index contributed by atoms with van der Waals surface area (Å²) >= 11 is 5.83. The van der Waals surface area contributed by atoms with E-state index in [2.05, 4.69) is 4.98 Å². The van der Waals surface area contributed by atoms with Crippen molar-refractivity contribution in [2.45, 2.75) is 19.4 Å². The molecule has 0 spiro atoms. The van der Waals surface area contributed by atoms with Crippen molar-refractivity contribution in [3.8, 4) is 0 Å². The van der Waals surface area contributed by atoms with Gasteiger partial charge in [0.1, 0.15) is 6.04 Å². The summed E-state index contributed by atoms with van der Waals surface area (Å²) in [5, 5.41) is 9.81. The van der Waals surface area contributed by atoms with Gasteiger partial charge in [-0.05, 0) is 24.6 Å². The SMILES string of the molecule is CC[C@@H](C(=O)O)n1cnc2ccc(Cl)cc2c1=O. The van der Waals surface area contributed by atoms with Gasteiger partial charge in [-0.1, -0.05) is 18.5 Å². The topological polar surface area (TPSA) is 72.2 Å². The normalized spacial score (nSPS) is 12.6. The third-order valence-electron chi connectivity index (χ3n) is 2.75. The highest BCUT2D eigenvalue weighted by molar-refractivity contribution is 6.31. The third-order valence-corrected chi connectivity index (χ3v) is 2.99. The lowest BCUT2D eigenvalue weighted by Crippen LogP contribution is -2.29. The molecule has 0 bridgehead atoms. The van der Waals surface area contributed by atoms with E-state index in [4.69, 9.17) is 16.7 Å². The average molecular weight is 267 g/mol. The molecule has 0 amide bonds. The standard InChI is InChI=1S/C12H11ClN2O3/c1-2-10(12(17)18)15-6-14-9-4-3-7(13)5-8(9)11(15)16/h3-6,10H,2H2,1H3,(H,17,18)/t10-/m0/s1. The summed E-state index contributed by atoms with van der Waals surface area (Å²) in [6.07, 6.45) is 1.57. The number of halogens is 1. The largest absolute Gasteiger partial charge is 0.480 e. The van der Waals surface area contributed by atoms with Gasteiger partial charge in [0.2, 0.25) is 0 Å². The molecule has 94 valence electrons. The van der Waals surface area contributed by atoms with Crippen LogP contribution >= 0.6 is 11.6 Å². The molecular formula is C12H11ClN2O3. The smallest absolute Gasteiger partial charge is 0.326 e. The molecule has 0 aliphatic heterocycles. The van der Waals surface area contributed by atoms with E-state index >= 15 is 0 Å². The van der Waals surface area contributed by atoms with E-state index < -0.39 is 17.6 Å². The second-order valence-electron chi connectivity index (χ2n) is 3.88. The van der Waals surface area contributed by atoms with Gasteiger partial charge < -0.3 is 5.11 Å². The van der Waals surface area contributed by atoms with Crippen LogP contribution in [-0.4, -0.2) is 20.6 Å². The van der Waals surface area contributed by atoms with E-state index in [9.17, 15) is 9.59 Å². The lowest BCUT2D eigenvalue weighted by Gasteiger charge is -2.13. The molecule has 0 saturated carbocycles. The maximum absolute atomic E-state index is 12.2. The van der Waals surface area contributed by atoms with Crippen LogP contribution in [0, 0.1) is 0 Å². The van der Waals surface area contributed by atoms with E-state index in [0.717, 1.165) is 4.57 Å². The first-order valence-corrected chi connectivity index (χ1v) is 5.81. The van der Waals surface area contributed by atoms with Crippen LogP contribution < -0.4 is 5.56 Å². The molecule has 5 nitrogen and oxygen atoms in total. The number of hydrogen-bond donors (Lipinski definition) is 1. The first-order valence-electron chi connectivity index (χ1n) is 5.43. The number of benzene rings is 1. The molecule has 1 N–H and O–H groups in total. The zero-order valence-electron chi connectivity index (χ0n) is 9.63. The quantitative estimate of drug-likeness (QED) is 0.923. The van der Waals surface area contributed by atoms with Crippen molar-refractivity contribution in [1.29, 1.82) is 0 Å². The fourth-order valence-electron chi connectivity index (χ4n) is 1.82. The van der Waals surface area contributed by atoms with Gasteiger partial charge in [0.25, 0.3) is 5.56 Å². The van der Waals surface area contributed by atoms with E-state index in [1.807, 2.05) is 0 Å². The fourth-order valence-corrected chi connectivity index (χ4v) is 1.99. The van der Waals surface area contributed by atoms with Crippen molar-refractivity contribution in [3.63, 3.8) is 0 Å². The number of nitrogens with zero attached hydrogens (tertiary/aromatic N) is 2. The number of fused-ring (bicyclic) bond motifs is 1. The molecule has 2 aromatic rings. The molecule has 0 saturated heterocycles. The van der Waals surface area contributed by atoms with E-state index in [0.29, 0.717) is 22.3 Å². The summed E-state index contributed by atoms with van der Waals surface area (Å²) in [5.41, 5.74) is 0.109. The zero-order chi connectivity index (χ0) is 13.3. The Bertz CT molecular complexity index is 666. The molecule has 0 radical (unpaired) electrons. The van der Waals surface area contributed by atoms with E-state index in [1.54, 1.807) is 19.1 Å². The van der Waals surface area contributed by atoms with Gasteiger partial charge in [-0.2, -0.15) is 0 Å². The summed E-state index contributed by atoms with van der Waals surface area (Å²) in [5.74, 6) is -1.05. The van der Waals surface area contributed by atoms with Crippen molar-refractivity contribution in [2.75, 3.05) is 0 Å². The Morgan fingerprint density at radius 1 is 1.56 bits per heavy atom. The summed E-state index contributed by atoms with van der Waals surface area (Å²) in [6.45, 7) is 1.70. The predicted molar refractivity (Wildman–Crippen MR) is 68.0 cm³/mol. The molecule has 0 aliphatic rings. The lowest BCUT2D eigenvalue weighted by molar-refractivity contribution is -0.141. The highest BCUT2D eigenvalue weighted by atomic mass is 35.5. The minimum atomic E-state index is -1.05. The highest BCUT2D eigenvalue weighted by Gasteiger charge is 2.19. The van der Waals surface area contributed by atoms with Crippen LogP contribution in [0.25, 0.3) is 10.9 Å². The minimum Gasteiger partial charge on any atom is -0.480 e. The van der Waals surface area contributed by atoms with Crippen LogP contribution in [0.5, 0.6) is 0 Å². The van der Waals surface area contributed by atoms with Gasteiger partial charge in [-0.15, -0.1) is 0 Å². The zero-order valence-corrected chi connectivity index (χ0v) is 10.4. The predicted octanol–water partition coefficient (Wildman–Crippen LogP) is 2.09. The molecule has 1 heterocycles. The Balaban J connectivity index is 2.71. The van der Waals surface area contributed by atoms with Crippen molar-refractivity contribution in [2.24, 2.45) is 0 Å². The summed E-state index contributed by atoms with van der Waals surface area (Å²) in [7, 11) is 0. The van der Waals surface area contributed by atoms with Crippen molar-refractivity contribution in [3.05, 3.63) is 39.9 Å². The van der Waals surface area contributed by atoms with Gasteiger partial charge in [-0.3, -0.25) is 9.36 Å². The van der Waals surface area contributed by atoms with Crippen LogP contribution in [0.4, 0.5) is 0 Å². The molecule has 1 aromatic carbocycles. The molecule has 6 heteroatoms. The van der Waals surface area contributed by atoms with Crippen LogP contribution in [0.3, 0.4) is 0 Å². The summed E-state index contributed by atoms with van der Waals surface area (Å²) in [4.78, 5) is 27.3. The maximum atomic E-state index is 12.2. The molecule has 1 aromatic heterocycles. The van der Waals surface area contributed by atoms with Gasteiger partial charge in [0, 0.05) is 5.02 Å². The molecular weight excluding hydrogens is 256 g/mol. The monoisotopic (exact) mass is 266 g/mol. The summed E-state index contributed by atoms with van der Waals surface area (Å²) in [6, 6.07) is 3.85. The molecule has 0 aliphatic carbocycles. The second kappa shape index (κ2) is 4.78. The molecule has 1 atom stereocenters. The number of aromatic nitrogens is 2. The Hall–Kier alpha value is -1.88. The second-order valence-corrected chi connectivity index (χ2v) is 4.32. The maximum Gasteiger partial charge on any atom is 0.326 e. The third kappa shape index (κ3) is 2.09. The number of hydrogen-bond acceptors (Lipinski definition) is 3. The van der Waals surface area contributed by atoms with Gasteiger partial charge in [-0.25, -0.2) is 9.78 Å². The molecule has 0 unspecified atom stereocenters. The first kappa shape index (κ1) is 12.6. The van der Waals surface area contributed by atoms with Crippen molar-refractivity contribution < 1.29 is 9.90 Å². The molecule has 0 fully saturated rings. The average Bonchev–Trinajstić information content (AvgIpc) is 2.33. The lowest BCUT2D eigenvalue weighted by atomic mass is 10.2. The number of rotatable bonds is 3. The van der Waals surface area contributed by atoms with Crippen LogP contribution in [0.2, 0.25) is 5.02 Å². The van der Waals surface area contributed by atoms with Crippen LogP contribution in [0.15, 0.2) is 29.3 Å². The van der Waals surface area contributed by atoms with Crippen LogP contribution in [0.1, 0.15) is 19.4 Å². The number of carboxylic acids is 1. The fraction of sp³-hybridized carbons (Fsp3) is 0.250. The summed E-state index contributed by atoms with van der Waals surface area (Å²) < 4.78 is 1.13. The van der Waals surface area contributed by atoms with Gasteiger partial charge >= 0.3 is 5.97 Å². The van der Waals surface area contributed by atoms with E-state index in [-0.39, 0.29) is 0 Å². The first-order chi connectivity index (χ1) is 8.54. The number of carboxylic acid groups (broad SMARTS) is 1.